The molecule has 0 saturated carbocycles. The normalized spacial score (nSPS) is 10.1. The Morgan fingerprint density at radius 3 is 2.72 bits per heavy atom. The van der Waals surface area contributed by atoms with E-state index in [9.17, 15) is 4.79 Å². The molecule has 0 N–H and O–H groups in total. The molecule has 0 atom stereocenters. The minimum atomic E-state index is 0.428. The smallest absolute Gasteiger partial charge is 0.153 e. The van der Waals surface area contributed by atoms with E-state index in [0.717, 1.165) is 25.7 Å². The van der Waals surface area contributed by atoms with E-state index in [0.29, 0.717) is 30.3 Å². The molecule has 0 aliphatic heterocycles. The number of rotatable bonds is 9. The predicted molar refractivity (Wildman–Crippen MR) is 69.6 cm³/mol. The van der Waals surface area contributed by atoms with E-state index < -0.39 is 0 Å². The van der Waals surface area contributed by atoms with E-state index in [4.69, 9.17) is 14.2 Å². The van der Waals surface area contributed by atoms with Crippen LogP contribution in [0.2, 0.25) is 0 Å². The molecule has 4 nitrogen and oxygen atoms in total. The number of hydrogen-bond donors (Lipinski definition) is 0. The number of aldehydes is 1. The van der Waals surface area contributed by atoms with Crippen molar-refractivity contribution in [2.24, 2.45) is 0 Å². The van der Waals surface area contributed by atoms with E-state index >= 15 is 0 Å². The number of carbonyl (C=O) groups excluding carboxylic acids is 1. The maximum atomic E-state index is 10.8. The summed E-state index contributed by atoms with van der Waals surface area (Å²) in [5.74, 6) is 1.20. The summed E-state index contributed by atoms with van der Waals surface area (Å²) in [6.45, 7) is 3.82. The Balaban J connectivity index is 2.42. The maximum absolute atomic E-state index is 10.8. The zero-order valence-electron chi connectivity index (χ0n) is 11.0. The molecule has 0 unspecified atom stereocenters. The third-order valence-corrected chi connectivity index (χ3v) is 2.48. The number of methoxy groups -OCH3 is 1. The molecule has 4 heteroatoms. The number of ether oxygens (including phenoxy) is 3. The molecule has 0 radical (unpaired) electrons. The quantitative estimate of drug-likeness (QED) is 0.500. The fourth-order valence-electron chi connectivity index (χ4n) is 1.42. The Morgan fingerprint density at radius 1 is 1.22 bits per heavy atom. The highest BCUT2D eigenvalue weighted by atomic mass is 16.5. The summed E-state index contributed by atoms with van der Waals surface area (Å²) < 4.78 is 16.0. The van der Waals surface area contributed by atoms with Crippen LogP contribution in [-0.2, 0) is 4.74 Å². The molecule has 0 spiro atoms. The fourth-order valence-corrected chi connectivity index (χ4v) is 1.42. The molecule has 0 aliphatic rings. The van der Waals surface area contributed by atoms with Crippen molar-refractivity contribution in [3.05, 3.63) is 23.8 Å². The SMILES string of the molecule is CCCCOCCOc1cc(OC)ccc1C=O. The first kappa shape index (κ1) is 14.5. The molecule has 0 bridgehead atoms. The fraction of sp³-hybridized carbons (Fsp3) is 0.500. The van der Waals surface area contributed by atoms with Crippen molar-refractivity contribution in [2.75, 3.05) is 26.9 Å². The summed E-state index contributed by atoms with van der Waals surface area (Å²) in [5.41, 5.74) is 0.518. The molecule has 100 valence electrons. The number of unbranched alkanes of at least 4 members (excludes halogenated alkanes) is 1. The van der Waals surface area contributed by atoms with Gasteiger partial charge in [-0.15, -0.1) is 0 Å². The van der Waals surface area contributed by atoms with Gasteiger partial charge in [0.1, 0.15) is 18.1 Å². The predicted octanol–water partition coefficient (Wildman–Crippen LogP) is 2.70. The summed E-state index contributed by atoms with van der Waals surface area (Å²) in [4.78, 5) is 10.8. The van der Waals surface area contributed by atoms with E-state index in [1.165, 1.54) is 0 Å². The van der Waals surface area contributed by atoms with Gasteiger partial charge >= 0.3 is 0 Å². The molecule has 1 rings (SSSR count). The number of hydrogen-bond acceptors (Lipinski definition) is 4. The Labute approximate surface area is 108 Å². The zero-order chi connectivity index (χ0) is 13.2. The van der Waals surface area contributed by atoms with Gasteiger partial charge in [-0.05, 0) is 18.6 Å². The molecule has 1 aromatic rings. The van der Waals surface area contributed by atoms with Crippen molar-refractivity contribution in [1.29, 1.82) is 0 Å². The van der Waals surface area contributed by atoms with Crippen LogP contribution in [0.1, 0.15) is 30.1 Å². The Bertz CT molecular complexity index is 363. The maximum Gasteiger partial charge on any atom is 0.153 e. The van der Waals surface area contributed by atoms with Crippen LogP contribution in [0.15, 0.2) is 18.2 Å². The lowest BCUT2D eigenvalue weighted by Gasteiger charge is -2.10. The first-order valence-corrected chi connectivity index (χ1v) is 6.15. The highest BCUT2D eigenvalue weighted by molar-refractivity contribution is 5.79. The van der Waals surface area contributed by atoms with Gasteiger partial charge in [-0.2, -0.15) is 0 Å². The van der Waals surface area contributed by atoms with Gasteiger partial charge in [0.05, 0.1) is 19.3 Å². The molecule has 0 aromatic heterocycles. The molecule has 0 saturated heterocycles. The monoisotopic (exact) mass is 252 g/mol. The Morgan fingerprint density at radius 2 is 2.06 bits per heavy atom. The second kappa shape index (κ2) is 8.53. The van der Waals surface area contributed by atoms with Crippen LogP contribution in [-0.4, -0.2) is 33.2 Å². The van der Waals surface area contributed by atoms with Crippen LogP contribution in [0.4, 0.5) is 0 Å². The molecule has 1 aromatic carbocycles. The Hall–Kier alpha value is -1.55. The third kappa shape index (κ3) is 4.75. The largest absolute Gasteiger partial charge is 0.497 e. The van der Waals surface area contributed by atoms with E-state index in [2.05, 4.69) is 6.92 Å². The summed E-state index contributed by atoms with van der Waals surface area (Å²) >= 11 is 0. The molecule has 0 aliphatic carbocycles. The van der Waals surface area contributed by atoms with Crippen molar-refractivity contribution < 1.29 is 19.0 Å². The third-order valence-electron chi connectivity index (χ3n) is 2.48. The lowest BCUT2D eigenvalue weighted by atomic mass is 10.2. The van der Waals surface area contributed by atoms with Crippen molar-refractivity contribution in [3.63, 3.8) is 0 Å². The van der Waals surface area contributed by atoms with Crippen molar-refractivity contribution in [2.45, 2.75) is 19.8 Å². The second-order valence-corrected chi connectivity index (χ2v) is 3.84. The van der Waals surface area contributed by atoms with Crippen LogP contribution < -0.4 is 9.47 Å². The number of benzene rings is 1. The van der Waals surface area contributed by atoms with Crippen molar-refractivity contribution in [1.82, 2.24) is 0 Å². The highest BCUT2D eigenvalue weighted by Crippen LogP contribution is 2.23. The van der Waals surface area contributed by atoms with Crippen LogP contribution in [0.5, 0.6) is 11.5 Å². The summed E-state index contributed by atoms with van der Waals surface area (Å²) in [6, 6.07) is 5.11. The van der Waals surface area contributed by atoms with E-state index in [1.54, 1.807) is 25.3 Å². The minimum absolute atomic E-state index is 0.428. The summed E-state index contributed by atoms with van der Waals surface area (Å²) in [5, 5.41) is 0. The number of carbonyl (C=O) groups is 1. The average molecular weight is 252 g/mol. The van der Waals surface area contributed by atoms with Crippen LogP contribution in [0.25, 0.3) is 0 Å². The van der Waals surface area contributed by atoms with Crippen LogP contribution in [0.3, 0.4) is 0 Å². The minimum Gasteiger partial charge on any atom is -0.497 e. The van der Waals surface area contributed by atoms with Gasteiger partial charge < -0.3 is 14.2 Å². The average Bonchev–Trinajstić information content (AvgIpc) is 2.42. The summed E-state index contributed by atoms with van der Waals surface area (Å²) in [7, 11) is 1.58. The topological polar surface area (TPSA) is 44.8 Å². The molecular weight excluding hydrogens is 232 g/mol. The van der Waals surface area contributed by atoms with Gasteiger partial charge in [0.2, 0.25) is 0 Å². The summed E-state index contributed by atoms with van der Waals surface area (Å²) in [6.07, 6.45) is 2.94. The molecule has 0 amide bonds. The molecule has 0 fully saturated rings. The molecular formula is C14H20O4. The molecule has 18 heavy (non-hydrogen) atoms. The van der Waals surface area contributed by atoms with E-state index in [-0.39, 0.29) is 0 Å². The van der Waals surface area contributed by atoms with Gasteiger partial charge in [-0.1, -0.05) is 13.3 Å². The zero-order valence-corrected chi connectivity index (χ0v) is 11.0. The first-order valence-electron chi connectivity index (χ1n) is 6.15. The first-order chi connectivity index (χ1) is 8.81. The van der Waals surface area contributed by atoms with Crippen LogP contribution in [0, 0.1) is 0 Å². The van der Waals surface area contributed by atoms with Gasteiger partial charge in [0, 0.05) is 12.7 Å². The Kier molecular flexibility index (Phi) is 6.87. The lowest BCUT2D eigenvalue weighted by Crippen LogP contribution is -2.08. The standard InChI is InChI=1S/C14H20O4/c1-3-4-7-17-8-9-18-14-10-13(16-2)6-5-12(14)11-15/h5-6,10-11H,3-4,7-9H2,1-2H3. The lowest BCUT2D eigenvalue weighted by molar-refractivity contribution is 0.0968. The van der Waals surface area contributed by atoms with Crippen LogP contribution >= 0.6 is 0 Å². The highest BCUT2D eigenvalue weighted by Gasteiger charge is 2.04. The van der Waals surface area contributed by atoms with E-state index in [1.807, 2.05) is 0 Å². The van der Waals surface area contributed by atoms with Gasteiger partial charge in [0.15, 0.2) is 6.29 Å². The van der Waals surface area contributed by atoms with Crippen molar-refractivity contribution >= 4 is 6.29 Å². The molecule has 0 heterocycles. The second-order valence-electron chi connectivity index (χ2n) is 3.84. The van der Waals surface area contributed by atoms with Gasteiger partial charge in [0.25, 0.3) is 0 Å². The van der Waals surface area contributed by atoms with Gasteiger partial charge in [-0.25, -0.2) is 0 Å². The van der Waals surface area contributed by atoms with Gasteiger partial charge in [-0.3, -0.25) is 4.79 Å². The van der Waals surface area contributed by atoms with Crippen molar-refractivity contribution in [3.8, 4) is 11.5 Å².